The molecule has 1 heterocycles. The molecule has 2 N–H and O–H groups in total. The number of aromatic nitrogens is 1. The van der Waals surface area contributed by atoms with Gasteiger partial charge in [0.2, 0.25) is 0 Å². The molecule has 0 bridgehead atoms. The van der Waals surface area contributed by atoms with Crippen LogP contribution in [0.2, 0.25) is 0 Å². The lowest BCUT2D eigenvalue weighted by Gasteiger charge is -2.12. The van der Waals surface area contributed by atoms with Gasteiger partial charge in [-0.1, -0.05) is 13.8 Å². The molecule has 0 aliphatic heterocycles. The van der Waals surface area contributed by atoms with Crippen LogP contribution in [0.4, 0.5) is 11.7 Å². The van der Waals surface area contributed by atoms with Gasteiger partial charge in [-0.2, -0.15) is 4.98 Å². The van der Waals surface area contributed by atoms with Crippen LogP contribution in [0.1, 0.15) is 25.5 Å². The molecule has 0 saturated carbocycles. The Labute approximate surface area is 107 Å². The van der Waals surface area contributed by atoms with E-state index in [0.717, 1.165) is 22.7 Å². The minimum Gasteiger partial charge on any atom is -0.423 e. The van der Waals surface area contributed by atoms with E-state index < -0.39 is 0 Å². The number of rotatable bonds is 3. The standard InChI is InChI=1S/C14H19N3O/c1-9(2)12-13(18-14(15)16-12)10-5-7-11(8-6-10)17(3)4/h5-9H,1-4H3,(H2,15,16). The Morgan fingerprint density at radius 1 is 1.17 bits per heavy atom. The summed E-state index contributed by atoms with van der Waals surface area (Å²) in [6.45, 7) is 4.16. The van der Waals surface area contributed by atoms with Gasteiger partial charge in [-0.3, -0.25) is 0 Å². The van der Waals surface area contributed by atoms with E-state index in [9.17, 15) is 0 Å². The molecule has 0 atom stereocenters. The Morgan fingerprint density at radius 3 is 2.28 bits per heavy atom. The predicted octanol–water partition coefficient (Wildman–Crippen LogP) is 3.11. The third-order valence-corrected chi connectivity index (χ3v) is 2.86. The van der Waals surface area contributed by atoms with Crippen LogP contribution in [-0.2, 0) is 0 Å². The van der Waals surface area contributed by atoms with E-state index in [1.807, 2.05) is 26.2 Å². The van der Waals surface area contributed by atoms with Gasteiger partial charge in [0.15, 0.2) is 5.76 Å². The van der Waals surface area contributed by atoms with Crippen molar-refractivity contribution in [3.05, 3.63) is 30.0 Å². The van der Waals surface area contributed by atoms with E-state index in [2.05, 4.69) is 35.9 Å². The number of hydrogen-bond acceptors (Lipinski definition) is 4. The van der Waals surface area contributed by atoms with Gasteiger partial charge < -0.3 is 15.1 Å². The van der Waals surface area contributed by atoms with Gasteiger partial charge in [0, 0.05) is 25.3 Å². The molecule has 1 aromatic carbocycles. The van der Waals surface area contributed by atoms with Gasteiger partial charge in [0.25, 0.3) is 6.01 Å². The van der Waals surface area contributed by atoms with Crippen molar-refractivity contribution >= 4 is 11.7 Å². The fraction of sp³-hybridized carbons (Fsp3) is 0.357. The van der Waals surface area contributed by atoms with Crippen LogP contribution >= 0.6 is 0 Å². The molecule has 0 fully saturated rings. The molecule has 0 saturated heterocycles. The molecule has 0 aliphatic carbocycles. The van der Waals surface area contributed by atoms with Crippen molar-refractivity contribution in [1.29, 1.82) is 0 Å². The number of oxazole rings is 1. The van der Waals surface area contributed by atoms with Gasteiger partial charge in [-0.05, 0) is 30.2 Å². The number of nitrogens with two attached hydrogens (primary N) is 1. The molecular weight excluding hydrogens is 226 g/mol. The second kappa shape index (κ2) is 4.72. The van der Waals surface area contributed by atoms with E-state index in [-0.39, 0.29) is 11.9 Å². The van der Waals surface area contributed by atoms with Gasteiger partial charge in [-0.25, -0.2) is 0 Å². The van der Waals surface area contributed by atoms with E-state index in [1.54, 1.807) is 0 Å². The molecule has 18 heavy (non-hydrogen) atoms. The summed E-state index contributed by atoms with van der Waals surface area (Å²) in [4.78, 5) is 6.30. The lowest BCUT2D eigenvalue weighted by atomic mass is 10.0. The van der Waals surface area contributed by atoms with Crippen LogP contribution in [0.5, 0.6) is 0 Å². The Balaban J connectivity index is 2.42. The summed E-state index contributed by atoms with van der Waals surface area (Å²) < 4.78 is 5.52. The summed E-state index contributed by atoms with van der Waals surface area (Å²) in [5, 5.41) is 0. The highest BCUT2D eigenvalue weighted by molar-refractivity contribution is 5.64. The predicted molar refractivity (Wildman–Crippen MR) is 74.8 cm³/mol. The van der Waals surface area contributed by atoms with Gasteiger partial charge in [0.05, 0.1) is 5.69 Å². The van der Waals surface area contributed by atoms with Crippen LogP contribution < -0.4 is 10.6 Å². The normalized spacial score (nSPS) is 10.9. The number of benzene rings is 1. The highest BCUT2D eigenvalue weighted by atomic mass is 16.4. The molecule has 4 heteroatoms. The molecule has 2 aromatic rings. The number of nitrogen functional groups attached to an aromatic ring is 1. The first-order valence-corrected chi connectivity index (χ1v) is 6.03. The highest BCUT2D eigenvalue weighted by Gasteiger charge is 2.16. The Bertz CT molecular complexity index is 526. The average Bonchev–Trinajstić information content (AvgIpc) is 2.71. The fourth-order valence-corrected chi connectivity index (χ4v) is 1.86. The second-order valence-electron chi connectivity index (χ2n) is 4.86. The molecule has 0 amide bonds. The van der Waals surface area contributed by atoms with Crippen molar-refractivity contribution in [1.82, 2.24) is 4.98 Å². The third kappa shape index (κ3) is 2.32. The number of hydrogen-bond donors (Lipinski definition) is 1. The van der Waals surface area contributed by atoms with E-state index in [0.29, 0.717) is 0 Å². The molecule has 1 aromatic heterocycles. The van der Waals surface area contributed by atoms with Gasteiger partial charge in [0.1, 0.15) is 0 Å². The van der Waals surface area contributed by atoms with Crippen molar-refractivity contribution in [2.24, 2.45) is 0 Å². The van der Waals surface area contributed by atoms with Gasteiger partial charge >= 0.3 is 0 Å². The molecule has 0 radical (unpaired) electrons. The summed E-state index contributed by atoms with van der Waals surface area (Å²) in [6, 6.07) is 8.39. The summed E-state index contributed by atoms with van der Waals surface area (Å²) in [7, 11) is 4.03. The minimum atomic E-state index is 0.227. The molecule has 0 spiro atoms. The van der Waals surface area contributed by atoms with E-state index in [1.165, 1.54) is 0 Å². The first kappa shape index (κ1) is 12.5. The van der Waals surface area contributed by atoms with Crippen molar-refractivity contribution in [2.75, 3.05) is 24.7 Å². The first-order valence-electron chi connectivity index (χ1n) is 6.03. The highest BCUT2D eigenvalue weighted by Crippen LogP contribution is 2.31. The molecule has 0 unspecified atom stereocenters. The van der Waals surface area contributed by atoms with Crippen LogP contribution in [0.15, 0.2) is 28.7 Å². The largest absolute Gasteiger partial charge is 0.423 e. The zero-order chi connectivity index (χ0) is 13.3. The van der Waals surface area contributed by atoms with E-state index in [4.69, 9.17) is 10.2 Å². The van der Waals surface area contributed by atoms with Crippen molar-refractivity contribution in [2.45, 2.75) is 19.8 Å². The van der Waals surface area contributed by atoms with Gasteiger partial charge in [-0.15, -0.1) is 0 Å². The molecule has 0 aliphatic rings. The SMILES string of the molecule is CC(C)c1nc(N)oc1-c1ccc(N(C)C)cc1. The molecule has 2 rings (SSSR count). The van der Waals surface area contributed by atoms with Crippen LogP contribution in [0, 0.1) is 0 Å². The lowest BCUT2D eigenvalue weighted by Crippen LogP contribution is -2.07. The molecular formula is C14H19N3O. The maximum atomic E-state index is 5.65. The zero-order valence-corrected chi connectivity index (χ0v) is 11.3. The maximum absolute atomic E-state index is 5.65. The number of anilines is 2. The average molecular weight is 245 g/mol. The third-order valence-electron chi connectivity index (χ3n) is 2.86. The van der Waals surface area contributed by atoms with E-state index >= 15 is 0 Å². The zero-order valence-electron chi connectivity index (χ0n) is 11.3. The summed E-state index contributed by atoms with van der Waals surface area (Å²) in [5.74, 6) is 1.06. The quantitative estimate of drug-likeness (QED) is 0.902. The second-order valence-corrected chi connectivity index (χ2v) is 4.86. The Hall–Kier alpha value is -1.97. The first-order chi connectivity index (χ1) is 8.49. The maximum Gasteiger partial charge on any atom is 0.292 e. The lowest BCUT2D eigenvalue weighted by molar-refractivity contribution is 0.592. The topological polar surface area (TPSA) is 55.3 Å². The Morgan fingerprint density at radius 2 is 1.78 bits per heavy atom. The molecule has 96 valence electrons. The summed E-state index contributed by atoms with van der Waals surface area (Å²) in [5.41, 5.74) is 8.71. The van der Waals surface area contributed by atoms with Crippen molar-refractivity contribution < 1.29 is 4.42 Å². The van der Waals surface area contributed by atoms with Crippen LogP contribution in [0.3, 0.4) is 0 Å². The van der Waals surface area contributed by atoms with Crippen LogP contribution in [-0.4, -0.2) is 19.1 Å². The summed E-state index contributed by atoms with van der Waals surface area (Å²) in [6.07, 6.45) is 0. The monoisotopic (exact) mass is 245 g/mol. The van der Waals surface area contributed by atoms with Crippen molar-refractivity contribution in [3.63, 3.8) is 0 Å². The minimum absolute atomic E-state index is 0.227. The fourth-order valence-electron chi connectivity index (χ4n) is 1.86. The molecule has 4 nitrogen and oxygen atoms in total. The Kier molecular flexibility index (Phi) is 3.28. The number of nitrogens with zero attached hydrogens (tertiary/aromatic N) is 2. The van der Waals surface area contributed by atoms with Crippen LogP contribution in [0.25, 0.3) is 11.3 Å². The van der Waals surface area contributed by atoms with Crippen molar-refractivity contribution in [3.8, 4) is 11.3 Å². The summed E-state index contributed by atoms with van der Waals surface area (Å²) >= 11 is 0. The smallest absolute Gasteiger partial charge is 0.292 e.